The molecule has 1 aliphatic carbocycles. The lowest BCUT2D eigenvalue weighted by molar-refractivity contribution is -0.160. The van der Waals surface area contributed by atoms with Crippen LogP contribution in [0.4, 0.5) is 0 Å². The van der Waals surface area contributed by atoms with Gasteiger partial charge in [-0.25, -0.2) is 0 Å². The first-order chi connectivity index (χ1) is 13.1. The Morgan fingerprint density at radius 3 is 2.81 bits per heavy atom. The normalized spacial score (nSPS) is 28.0. The maximum absolute atomic E-state index is 13.3. The molecule has 1 spiro atoms. The summed E-state index contributed by atoms with van der Waals surface area (Å²) in [5.74, 6) is 1.19. The molecule has 7 heteroatoms. The Balaban J connectivity index is 1.79. The molecule has 0 bridgehead atoms. The minimum absolute atomic E-state index is 0.0554. The molecule has 4 aliphatic rings. The van der Waals surface area contributed by atoms with Crippen LogP contribution in [0.3, 0.4) is 0 Å². The SMILES string of the molecule is CSC1=C2CCC[C@@H](OC(C)=O)[C@]23c2cc4c(cc2CCN3C1=O)OCO4. The Morgan fingerprint density at radius 1 is 1.30 bits per heavy atom. The van der Waals surface area contributed by atoms with E-state index in [0.717, 1.165) is 53.0 Å². The fourth-order valence-electron chi connectivity index (χ4n) is 5.19. The average Bonchev–Trinajstić information content (AvgIpc) is 3.20. The Bertz CT molecular complexity index is 895. The number of nitrogens with zero attached hydrogens (tertiary/aromatic N) is 1. The third-order valence-corrected chi connectivity index (χ3v) is 6.91. The van der Waals surface area contributed by atoms with E-state index in [0.29, 0.717) is 12.3 Å². The predicted molar refractivity (Wildman–Crippen MR) is 99.6 cm³/mol. The molecule has 3 aliphatic heterocycles. The lowest BCUT2D eigenvalue weighted by Crippen LogP contribution is -2.59. The predicted octanol–water partition coefficient (Wildman–Crippen LogP) is 2.74. The molecule has 1 aromatic carbocycles. The molecule has 27 heavy (non-hydrogen) atoms. The van der Waals surface area contributed by atoms with Gasteiger partial charge in [0.25, 0.3) is 5.91 Å². The van der Waals surface area contributed by atoms with Gasteiger partial charge in [0, 0.05) is 13.5 Å². The maximum atomic E-state index is 13.3. The maximum Gasteiger partial charge on any atom is 0.303 e. The number of esters is 1. The van der Waals surface area contributed by atoms with Crippen molar-refractivity contribution in [2.45, 2.75) is 44.2 Å². The molecule has 1 fully saturated rings. The van der Waals surface area contributed by atoms with Gasteiger partial charge in [-0.15, -0.1) is 11.8 Å². The molecule has 6 nitrogen and oxygen atoms in total. The van der Waals surface area contributed by atoms with Crippen LogP contribution in [0.25, 0.3) is 0 Å². The molecule has 0 unspecified atom stereocenters. The van der Waals surface area contributed by atoms with E-state index in [2.05, 4.69) is 0 Å². The van der Waals surface area contributed by atoms with Gasteiger partial charge in [0.15, 0.2) is 11.5 Å². The van der Waals surface area contributed by atoms with Crippen LogP contribution in [0.5, 0.6) is 11.5 Å². The number of carbonyl (C=O) groups excluding carboxylic acids is 2. The van der Waals surface area contributed by atoms with Gasteiger partial charge in [0.2, 0.25) is 6.79 Å². The van der Waals surface area contributed by atoms with Crippen LogP contribution < -0.4 is 9.47 Å². The Labute approximate surface area is 161 Å². The van der Waals surface area contributed by atoms with E-state index in [1.807, 2.05) is 23.3 Å². The fourth-order valence-corrected chi connectivity index (χ4v) is 5.97. The molecule has 1 amide bonds. The van der Waals surface area contributed by atoms with Crippen molar-refractivity contribution in [2.24, 2.45) is 0 Å². The van der Waals surface area contributed by atoms with Gasteiger partial charge in [-0.05, 0) is 60.8 Å². The van der Waals surface area contributed by atoms with Crippen LogP contribution in [-0.2, 0) is 26.3 Å². The van der Waals surface area contributed by atoms with Gasteiger partial charge < -0.3 is 19.1 Å². The first kappa shape index (κ1) is 17.0. The van der Waals surface area contributed by atoms with Crippen molar-refractivity contribution in [2.75, 3.05) is 19.6 Å². The quantitative estimate of drug-likeness (QED) is 0.727. The standard InChI is InChI=1S/C20H21NO5S/c1-11(22)26-17-5-3-4-13-18(27-2)19(23)21-7-6-12-8-15-16(25-10-24-15)9-14(12)20(13,17)21/h8-9,17H,3-7,10H2,1-2H3/t17-,20-/m1/s1. The number of rotatable bonds is 2. The summed E-state index contributed by atoms with van der Waals surface area (Å²) in [4.78, 5) is 27.9. The summed E-state index contributed by atoms with van der Waals surface area (Å²) in [6.07, 6.45) is 4.79. The zero-order chi connectivity index (χ0) is 18.8. The van der Waals surface area contributed by atoms with Gasteiger partial charge in [0.1, 0.15) is 11.6 Å². The number of fused-ring (bicyclic) bond motifs is 2. The van der Waals surface area contributed by atoms with E-state index in [-0.39, 0.29) is 24.8 Å². The minimum atomic E-state index is -0.714. The second-order valence-electron chi connectivity index (χ2n) is 7.34. The van der Waals surface area contributed by atoms with Crippen LogP contribution in [0.1, 0.15) is 37.3 Å². The fraction of sp³-hybridized carbons (Fsp3) is 0.500. The van der Waals surface area contributed by atoms with Crippen LogP contribution in [-0.4, -0.2) is 42.5 Å². The summed E-state index contributed by atoms with van der Waals surface area (Å²) >= 11 is 1.50. The van der Waals surface area contributed by atoms with Gasteiger partial charge in [-0.2, -0.15) is 0 Å². The molecular weight excluding hydrogens is 366 g/mol. The van der Waals surface area contributed by atoms with Crippen LogP contribution in [0, 0.1) is 0 Å². The number of hydrogen-bond acceptors (Lipinski definition) is 6. The van der Waals surface area contributed by atoms with E-state index in [1.165, 1.54) is 18.7 Å². The molecule has 1 saturated carbocycles. The van der Waals surface area contributed by atoms with E-state index >= 15 is 0 Å². The van der Waals surface area contributed by atoms with E-state index < -0.39 is 5.54 Å². The number of ether oxygens (including phenoxy) is 3. The second kappa shape index (κ2) is 5.92. The van der Waals surface area contributed by atoms with E-state index in [1.54, 1.807) is 0 Å². The molecule has 142 valence electrons. The topological polar surface area (TPSA) is 65.1 Å². The molecule has 1 aromatic rings. The molecule has 0 N–H and O–H groups in total. The van der Waals surface area contributed by atoms with E-state index in [9.17, 15) is 9.59 Å². The van der Waals surface area contributed by atoms with Crippen molar-refractivity contribution in [3.63, 3.8) is 0 Å². The van der Waals surface area contributed by atoms with Gasteiger partial charge >= 0.3 is 5.97 Å². The number of benzene rings is 1. The summed E-state index contributed by atoms with van der Waals surface area (Å²) in [5.41, 5.74) is 2.55. The third kappa shape index (κ3) is 2.15. The Kier molecular flexibility index (Phi) is 3.73. The zero-order valence-corrected chi connectivity index (χ0v) is 16.2. The number of hydrogen-bond donors (Lipinski definition) is 0. The first-order valence-corrected chi connectivity index (χ1v) is 10.5. The van der Waals surface area contributed by atoms with Crippen molar-refractivity contribution < 1.29 is 23.8 Å². The van der Waals surface area contributed by atoms with Crippen LogP contribution in [0.15, 0.2) is 22.6 Å². The highest BCUT2D eigenvalue weighted by Gasteiger charge is 2.61. The summed E-state index contributed by atoms with van der Waals surface area (Å²) < 4.78 is 17.0. The lowest BCUT2D eigenvalue weighted by Gasteiger charge is -2.51. The van der Waals surface area contributed by atoms with E-state index in [4.69, 9.17) is 14.2 Å². The molecule has 5 rings (SSSR count). The number of amides is 1. The van der Waals surface area contributed by atoms with Gasteiger partial charge in [-0.1, -0.05) is 0 Å². The van der Waals surface area contributed by atoms with Crippen molar-refractivity contribution in [3.8, 4) is 11.5 Å². The average molecular weight is 387 g/mol. The molecule has 0 radical (unpaired) electrons. The lowest BCUT2D eigenvalue weighted by atomic mass is 9.68. The monoisotopic (exact) mass is 387 g/mol. The highest BCUT2D eigenvalue weighted by Crippen LogP contribution is 2.58. The van der Waals surface area contributed by atoms with Gasteiger partial charge in [-0.3, -0.25) is 9.59 Å². The molecule has 0 aromatic heterocycles. The highest BCUT2D eigenvalue weighted by molar-refractivity contribution is 8.03. The molecule has 2 atom stereocenters. The summed E-state index contributed by atoms with van der Waals surface area (Å²) in [5, 5.41) is 0. The second-order valence-corrected chi connectivity index (χ2v) is 8.15. The van der Waals surface area contributed by atoms with Gasteiger partial charge in [0.05, 0.1) is 4.91 Å². The number of thioether (sulfide) groups is 1. The van der Waals surface area contributed by atoms with Crippen molar-refractivity contribution in [3.05, 3.63) is 33.7 Å². The molecule has 3 heterocycles. The molecular formula is C20H21NO5S. The third-order valence-electron chi connectivity index (χ3n) is 6.08. The summed E-state index contributed by atoms with van der Waals surface area (Å²) in [7, 11) is 0. The van der Waals surface area contributed by atoms with Crippen molar-refractivity contribution in [1.29, 1.82) is 0 Å². The largest absolute Gasteiger partial charge is 0.459 e. The minimum Gasteiger partial charge on any atom is -0.459 e. The number of carbonyl (C=O) groups is 2. The highest BCUT2D eigenvalue weighted by atomic mass is 32.2. The van der Waals surface area contributed by atoms with Crippen LogP contribution in [0.2, 0.25) is 0 Å². The first-order valence-electron chi connectivity index (χ1n) is 9.27. The van der Waals surface area contributed by atoms with Crippen LogP contribution >= 0.6 is 11.8 Å². The Hall–Kier alpha value is -2.15. The molecule has 0 saturated heterocycles. The summed E-state index contributed by atoms with van der Waals surface area (Å²) in [6.45, 7) is 2.26. The van der Waals surface area contributed by atoms with Crippen molar-refractivity contribution >= 4 is 23.6 Å². The smallest absolute Gasteiger partial charge is 0.303 e. The van der Waals surface area contributed by atoms with Crippen molar-refractivity contribution in [1.82, 2.24) is 4.90 Å². The summed E-state index contributed by atoms with van der Waals surface area (Å²) in [6, 6.07) is 4.03. The zero-order valence-electron chi connectivity index (χ0n) is 15.4. The Morgan fingerprint density at radius 2 is 2.07 bits per heavy atom.